The van der Waals surface area contributed by atoms with Crippen LogP contribution in [0.25, 0.3) is 0 Å². The van der Waals surface area contributed by atoms with Crippen LogP contribution in [0, 0.1) is 6.92 Å². The molecular formula is C14H22N2O4S. The van der Waals surface area contributed by atoms with Crippen molar-refractivity contribution in [3.8, 4) is 0 Å². The molecule has 7 heteroatoms. The van der Waals surface area contributed by atoms with E-state index in [0.29, 0.717) is 18.8 Å². The molecule has 2 rings (SSSR count). The molecule has 6 nitrogen and oxygen atoms in total. The summed E-state index contributed by atoms with van der Waals surface area (Å²) in [6.07, 6.45) is 2.83. The van der Waals surface area contributed by atoms with Crippen LogP contribution in [0.3, 0.4) is 0 Å². The average molecular weight is 314 g/mol. The minimum atomic E-state index is -3.54. The standard InChI is InChI=1S/C14H22N2O4S/c1-4-20-14(17)12-10-13(11(2)15(12)3)21(18,19)16-8-6-5-7-9-16/h10H,4-9H2,1-3H3. The van der Waals surface area contributed by atoms with Crippen LogP contribution in [0.5, 0.6) is 0 Å². The molecule has 2 heterocycles. The SMILES string of the molecule is CCOC(=O)c1cc(S(=O)(=O)N2CCCCC2)c(C)n1C. The molecule has 0 saturated carbocycles. The summed E-state index contributed by atoms with van der Waals surface area (Å²) in [6.45, 7) is 4.78. The molecular weight excluding hydrogens is 292 g/mol. The molecule has 21 heavy (non-hydrogen) atoms. The lowest BCUT2D eigenvalue weighted by atomic mass is 10.2. The van der Waals surface area contributed by atoms with E-state index in [2.05, 4.69) is 0 Å². The number of ether oxygens (including phenoxy) is 1. The van der Waals surface area contributed by atoms with Crippen LogP contribution in [0.4, 0.5) is 0 Å². The largest absolute Gasteiger partial charge is 0.461 e. The molecule has 0 aliphatic carbocycles. The van der Waals surface area contributed by atoms with Gasteiger partial charge in [-0.2, -0.15) is 4.31 Å². The first-order valence-corrected chi connectivity index (χ1v) is 8.67. The zero-order valence-electron chi connectivity index (χ0n) is 12.8. The molecule has 1 aromatic heterocycles. The van der Waals surface area contributed by atoms with Gasteiger partial charge in [-0.05, 0) is 32.8 Å². The highest BCUT2D eigenvalue weighted by Crippen LogP contribution is 2.26. The molecule has 0 unspecified atom stereocenters. The van der Waals surface area contributed by atoms with E-state index in [0.717, 1.165) is 19.3 Å². The Kier molecular flexibility index (Phi) is 4.73. The monoisotopic (exact) mass is 314 g/mol. The number of nitrogens with zero attached hydrogens (tertiary/aromatic N) is 2. The normalized spacial score (nSPS) is 16.9. The maximum absolute atomic E-state index is 12.7. The number of carbonyl (C=O) groups excluding carboxylic acids is 1. The maximum Gasteiger partial charge on any atom is 0.354 e. The number of hydrogen-bond acceptors (Lipinski definition) is 4. The van der Waals surface area contributed by atoms with Crippen LogP contribution in [0.15, 0.2) is 11.0 Å². The molecule has 0 aromatic carbocycles. The van der Waals surface area contributed by atoms with E-state index in [-0.39, 0.29) is 17.2 Å². The predicted octanol–water partition coefficient (Wildman–Crippen LogP) is 1.68. The molecule has 1 aromatic rings. The van der Waals surface area contributed by atoms with E-state index >= 15 is 0 Å². The fourth-order valence-corrected chi connectivity index (χ4v) is 4.37. The summed E-state index contributed by atoms with van der Waals surface area (Å²) in [5.41, 5.74) is 0.827. The third-order valence-electron chi connectivity index (χ3n) is 3.91. The number of hydrogen-bond donors (Lipinski definition) is 0. The fraction of sp³-hybridized carbons (Fsp3) is 0.643. The van der Waals surface area contributed by atoms with Crippen LogP contribution in [0.1, 0.15) is 42.4 Å². The van der Waals surface area contributed by atoms with E-state index in [4.69, 9.17) is 4.74 Å². The van der Waals surface area contributed by atoms with E-state index in [1.54, 1.807) is 25.5 Å². The lowest BCUT2D eigenvalue weighted by Crippen LogP contribution is -2.35. The first-order chi connectivity index (χ1) is 9.89. The molecule has 118 valence electrons. The number of esters is 1. The van der Waals surface area contributed by atoms with Crippen molar-refractivity contribution >= 4 is 16.0 Å². The lowest BCUT2D eigenvalue weighted by Gasteiger charge is -2.25. The summed E-state index contributed by atoms with van der Waals surface area (Å²) < 4.78 is 33.5. The van der Waals surface area contributed by atoms with Gasteiger partial charge in [0, 0.05) is 25.8 Å². The highest BCUT2D eigenvalue weighted by atomic mass is 32.2. The van der Waals surface area contributed by atoms with Crippen molar-refractivity contribution < 1.29 is 17.9 Å². The maximum atomic E-state index is 12.7. The highest BCUT2D eigenvalue weighted by molar-refractivity contribution is 7.89. The summed E-state index contributed by atoms with van der Waals surface area (Å²) in [7, 11) is -1.86. The Morgan fingerprint density at radius 2 is 1.90 bits per heavy atom. The molecule has 1 saturated heterocycles. The molecule has 1 fully saturated rings. The Morgan fingerprint density at radius 3 is 2.48 bits per heavy atom. The van der Waals surface area contributed by atoms with Crippen molar-refractivity contribution in [2.24, 2.45) is 7.05 Å². The second kappa shape index (κ2) is 6.19. The van der Waals surface area contributed by atoms with Gasteiger partial charge in [0.2, 0.25) is 10.0 Å². The molecule has 0 radical (unpaired) electrons. The van der Waals surface area contributed by atoms with E-state index in [9.17, 15) is 13.2 Å². The fourth-order valence-electron chi connectivity index (χ4n) is 2.58. The summed E-state index contributed by atoms with van der Waals surface area (Å²) >= 11 is 0. The minimum absolute atomic E-state index is 0.204. The van der Waals surface area contributed by atoms with Gasteiger partial charge in [-0.1, -0.05) is 6.42 Å². The van der Waals surface area contributed by atoms with Crippen molar-refractivity contribution in [2.75, 3.05) is 19.7 Å². The van der Waals surface area contributed by atoms with Gasteiger partial charge in [0.15, 0.2) is 0 Å². The van der Waals surface area contributed by atoms with Crippen molar-refractivity contribution in [2.45, 2.75) is 38.0 Å². The van der Waals surface area contributed by atoms with E-state index in [1.165, 1.54) is 10.4 Å². The molecule has 0 spiro atoms. The average Bonchev–Trinajstić information content (AvgIpc) is 2.77. The highest BCUT2D eigenvalue weighted by Gasteiger charge is 2.31. The van der Waals surface area contributed by atoms with E-state index in [1.807, 2.05) is 0 Å². The number of sulfonamides is 1. The minimum Gasteiger partial charge on any atom is -0.461 e. The summed E-state index contributed by atoms with van der Waals surface area (Å²) in [6, 6.07) is 1.43. The Labute approximate surface area is 125 Å². The van der Waals surface area contributed by atoms with Crippen molar-refractivity contribution in [1.82, 2.24) is 8.87 Å². The van der Waals surface area contributed by atoms with Crippen LogP contribution < -0.4 is 0 Å². The zero-order chi connectivity index (χ0) is 15.6. The van der Waals surface area contributed by atoms with Crippen molar-refractivity contribution in [3.05, 3.63) is 17.5 Å². The van der Waals surface area contributed by atoms with Crippen molar-refractivity contribution in [3.63, 3.8) is 0 Å². The Hall–Kier alpha value is -1.34. The van der Waals surface area contributed by atoms with Gasteiger partial charge >= 0.3 is 5.97 Å². The molecule has 1 aliphatic heterocycles. The Morgan fingerprint density at radius 1 is 1.29 bits per heavy atom. The van der Waals surface area contributed by atoms with Crippen LogP contribution in [0.2, 0.25) is 0 Å². The van der Waals surface area contributed by atoms with Gasteiger partial charge in [0.05, 0.1) is 6.61 Å². The first kappa shape index (κ1) is 16.0. The number of aromatic nitrogens is 1. The van der Waals surface area contributed by atoms with Gasteiger partial charge in [0.25, 0.3) is 0 Å². The smallest absolute Gasteiger partial charge is 0.354 e. The van der Waals surface area contributed by atoms with E-state index < -0.39 is 16.0 Å². The van der Waals surface area contributed by atoms with Crippen LogP contribution >= 0.6 is 0 Å². The molecule has 0 atom stereocenters. The summed E-state index contributed by atoms with van der Waals surface area (Å²) in [5.74, 6) is -0.497. The lowest BCUT2D eigenvalue weighted by molar-refractivity contribution is 0.0515. The molecule has 0 amide bonds. The van der Waals surface area contributed by atoms with Gasteiger partial charge in [-0.25, -0.2) is 13.2 Å². The van der Waals surface area contributed by atoms with Gasteiger partial charge in [-0.15, -0.1) is 0 Å². The number of rotatable bonds is 4. The first-order valence-electron chi connectivity index (χ1n) is 7.23. The predicted molar refractivity (Wildman–Crippen MR) is 78.7 cm³/mol. The quantitative estimate of drug-likeness (QED) is 0.793. The van der Waals surface area contributed by atoms with Crippen LogP contribution in [-0.2, 0) is 21.8 Å². The topological polar surface area (TPSA) is 68.6 Å². The summed E-state index contributed by atoms with van der Waals surface area (Å²) in [5, 5.41) is 0. The number of carbonyl (C=O) groups is 1. The molecule has 1 aliphatic rings. The van der Waals surface area contributed by atoms with Crippen LogP contribution in [-0.4, -0.2) is 43.0 Å². The molecule has 0 bridgehead atoms. The van der Waals surface area contributed by atoms with Gasteiger partial charge in [0.1, 0.15) is 10.6 Å². The zero-order valence-corrected chi connectivity index (χ0v) is 13.6. The second-order valence-electron chi connectivity index (χ2n) is 5.22. The number of piperidine rings is 1. The van der Waals surface area contributed by atoms with Crippen molar-refractivity contribution in [1.29, 1.82) is 0 Å². The Bertz CT molecular complexity index is 628. The molecule has 0 N–H and O–H groups in total. The third kappa shape index (κ3) is 2.98. The second-order valence-corrected chi connectivity index (χ2v) is 7.13. The summed E-state index contributed by atoms with van der Waals surface area (Å²) in [4.78, 5) is 12.1. The van der Waals surface area contributed by atoms with Gasteiger partial charge in [-0.3, -0.25) is 0 Å². The Balaban J connectivity index is 2.39. The van der Waals surface area contributed by atoms with Gasteiger partial charge < -0.3 is 9.30 Å². The third-order valence-corrected chi connectivity index (χ3v) is 5.92.